The van der Waals surface area contributed by atoms with Crippen LogP contribution in [0.15, 0.2) is 54.7 Å². The predicted octanol–water partition coefficient (Wildman–Crippen LogP) is 5.25. The molecule has 0 radical (unpaired) electrons. The Bertz CT molecular complexity index is 991. The van der Waals surface area contributed by atoms with Crippen LogP contribution in [-0.4, -0.2) is 27.7 Å². The highest BCUT2D eigenvalue weighted by molar-refractivity contribution is 5.73. The van der Waals surface area contributed by atoms with Crippen molar-refractivity contribution in [2.45, 2.75) is 20.0 Å². The number of carboxylic acids is 1. The van der Waals surface area contributed by atoms with Crippen molar-refractivity contribution in [3.8, 4) is 28.3 Å². The summed E-state index contributed by atoms with van der Waals surface area (Å²) in [6, 6.07) is 14.1. The van der Waals surface area contributed by atoms with Gasteiger partial charge in [-0.3, -0.25) is 4.79 Å². The van der Waals surface area contributed by atoms with E-state index in [1.165, 1.54) is 0 Å². The van der Waals surface area contributed by atoms with Gasteiger partial charge in [0.2, 0.25) is 0 Å². The second kappa shape index (κ2) is 7.62. The van der Waals surface area contributed by atoms with Crippen LogP contribution < -0.4 is 4.74 Å². The molecule has 0 atom stereocenters. The second-order valence-corrected chi connectivity index (χ2v) is 7.22. The van der Waals surface area contributed by atoms with Crippen LogP contribution in [0, 0.1) is 5.41 Å². The Kier molecular flexibility index (Phi) is 5.37. The molecule has 5 nitrogen and oxygen atoms in total. The van der Waals surface area contributed by atoms with Gasteiger partial charge in [0.15, 0.2) is 0 Å². The van der Waals surface area contributed by atoms with E-state index in [2.05, 4.69) is 9.97 Å². The Morgan fingerprint density at radius 3 is 2.00 bits per heavy atom. The fourth-order valence-electron chi connectivity index (χ4n) is 2.50. The van der Waals surface area contributed by atoms with Gasteiger partial charge >= 0.3 is 12.1 Å². The van der Waals surface area contributed by atoms with Crippen molar-refractivity contribution in [2.75, 3.05) is 6.61 Å². The highest BCUT2D eigenvalue weighted by atomic mass is 19.4. The third kappa shape index (κ3) is 4.77. The zero-order chi connectivity index (χ0) is 21.2. The minimum absolute atomic E-state index is 0.0411. The van der Waals surface area contributed by atoms with Crippen molar-refractivity contribution in [2.24, 2.45) is 5.41 Å². The first-order valence-electron chi connectivity index (χ1n) is 8.75. The molecule has 2 aromatic carbocycles. The van der Waals surface area contributed by atoms with E-state index in [0.717, 1.165) is 17.3 Å². The van der Waals surface area contributed by atoms with Crippen molar-refractivity contribution < 1.29 is 27.8 Å². The van der Waals surface area contributed by atoms with Crippen molar-refractivity contribution >= 4 is 5.97 Å². The van der Waals surface area contributed by atoms with Gasteiger partial charge in [-0.2, -0.15) is 13.2 Å². The molecule has 0 aliphatic heterocycles. The van der Waals surface area contributed by atoms with Crippen molar-refractivity contribution in [1.29, 1.82) is 0 Å². The summed E-state index contributed by atoms with van der Waals surface area (Å²) in [5.74, 6) is -0.239. The van der Waals surface area contributed by atoms with E-state index in [1.54, 1.807) is 50.2 Å². The lowest BCUT2D eigenvalue weighted by atomic mass is 9.95. The molecule has 3 aromatic rings. The van der Waals surface area contributed by atoms with Gasteiger partial charge in [-0.15, -0.1) is 0 Å². The third-order valence-corrected chi connectivity index (χ3v) is 4.41. The number of aliphatic carboxylic acids is 1. The molecule has 2 N–H and O–H groups in total. The van der Waals surface area contributed by atoms with Gasteiger partial charge in [-0.05, 0) is 37.1 Å². The normalized spacial score (nSPS) is 12.0. The molecule has 0 amide bonds. The summed E-state index contributed by atoms with van der Waals surface area (Å²) in [6.07, 6.45) is -3.69. The van der Waals surface area contributed by atoms with Crippen LogP contribution in [-0.2, 0) is 11.0 Å². The summed E-state index contributed by atoms with van der Waals surface area (Å²) in [5, 5.41) is 9.12. The molecule has 29 heavy (non-hydrogen) atoms. The fraction of sp³-hybridized carbons (Fsp3) is 0.238. The standard InChI is InChI=1S/C21H19F3N2O3/c1-20(2,19(27)28)12-29-16-9-7-14(8-10-16)13-3-5-15(6-4-13)18-25-11-17(26-18)21(22,23)24/h3-11H,12H2,1-2H3,(H,25,26)(H,27,28). The van der Waals surface area contributed by atoms with E-state index in [1.807, 2.05) is 12.1 Å². The minimum Gasteiger partial charge on any atom is -0.492 e. The molecule has 0 spiro atoms. The third-order valence-electron chi connectivity index (χ3n) is 4.41. The number of carboxylic acid groups (broad SMARTS) is 1. The molecule has 8 heteroatoms. The maximum absolute atomic E-state index is 12.7. The van der Waals surface area contributed by atoms with Crippen molar-refractivity contribution in [1.82, 2.24) is 9.97 Å². The molecule has 3 rings (SSSR count). The van der Waals surface area contributed by atoms with E-state index in [-0.39, 0.29) is 12.4 Å². The number of rotatable bonds is 6. The summed E-state index contributed by atoms with van der Waals surface area (Å²) in [4.78, 5) is 17.2. The molecular weight excluding hydrogens is 385 g/mol. The van der Waals surface area contributed by atoms with E-state index < -0.39 is 23.3 Å². The highest BCUT2D eigenvalue weighted by Gasteiger charge is 2.33. The Morgan fingerprint density at radius 1 is 1.00 bits per heavy atom. The Hall–Kier alpha value is -3.29. The molecule has 0 unspecified atom stereocenters. The molecular formula is C21H19F3N2O3. The average Bonchev–Trinajstić information content (AvgIpc) is 3.18. The summed E-state index contributed by atoms with van der Waals surface area (Å²) in [7, 11) is 0. The van der Waals surface area contributed by atoms with Crippen LogP contribution >= 0.6 is 0 Å². The zero-order valence-corrected chi connectivity index (χ0v) is 15.7. The number of hydrogen-bond acceptors (Lipinski definition) is 3. The van der Waals surface area contributed by atoms with Gasteiger partial charge < -0.3 is 14.8 Å². The molecule has 0 bridgehead atoms. The molecule has 0 fully saturated rings. The maximum atomic E-state index is 12.7. The van der Waals surface area contributed by atoms with Crippen LogP contribution in [0.4, 0.5) is 13.2 Å². The Balaban J connectivity index is 1.70. The lowest BCUT2D eigenvalue weighted by Gasteiger charge is -2.19. The maximum Gasteiger partial charge on any atom is 0.432 e. The van der Waals surface area contributed by atoms with Gasteiger partial charge in [0, 0.05) is 5.56 Å². The number of ether oxygens (including phenoxy) is 1. The van der Waals surface area contributed by atoms with Gasteiger partial charge in [0.05, 0.1) is 11.6 Å². The Labute approximate surface area is 165 Å². The van der Waals surface area contributed by atoms with E-state index in [0.29, 0.717) is 11.3 Å². The fourth-order valence-corrected chi connectivity index (χ4v) is 2.50. The number of nitrogens with one attached hydrogen (secondary N) is 1. The second-order valence-electron chi connectivity index (χ2n) is 7.22. The van der Waals surface area contributed by atoms with E-state index in [9.17, 15) is 18.0 Å². The number of carbonyl (C=O) groups is 1. The zero-order valence-electron chi connectivity index (χ0n) is 15.7. The van der Waals surface area contributed by atoms with Crippen LogP contribution in [0.5, 0.6) is 5.75 Å². The molecule has 0 aliphatic rings. The summed E-state index contributed by atoms with van der Waals surface area (Å²) in [5.41, 5.74) is 0.413. The molecule has 0 aliphatic carbocycles. The number of aromatic amines is 1. The lowest BCUT2D eigenvalue weighted by molar-refractivity contribution is -0.148. The first-order chi connectivity index (χ1) is 13.6. The quantitative estimate of drug-likeness (QED) is 0.588. The number of halogens is 3. The van der Waals surface area contributed by atoms with Crippen LogP contribution in [0.2, 0.25) is 0 Å². The van der Waals surface area contributed by atoms with Gasteiger partial charge in [-0.25, -0.2) is 4.98 Å². The number of imidazole rings is 1. The molecule has 1 aromatic heterocycles. The van der Waals surface area contributed by atoms with Crippen LogP contribution in [0.25, 0.3) is 22.5 Å². The molecule has 1 heterocycles. The first-order valence-corrected chi connectivity index (χ1v) is 8.75. The predicted molar refractivity (Wildman–Crippen MR) is 101 cm³/mol. The first kappa shape index (κ1) is 20.4. The smallest absolute Gasteiger partial charge is 0.432 e. The molecule has 0 saturated heterocycles. The van der Waals surface area contributed by atoms with Gasteiger partial charge in [0.25, 0.3) is 0 Å². The highest BCUT2D eigenvalue weighted by Crippen LogP contribution is 2.30. The largest absolute Gasteiger partial charge is 0.492 e. The number of nitrogens with zero attached hydrogens (tertiary/aromatic N) is 1. The van der Waals surface area contributed by atoms with Crippen LogP contribution in [0.3, 0.4) is 0 Å². The number of H-pyrrole nitrogens is 1. The average molecular weight is 404 g/mol. The van der Waals surface area contributed by atoms with Crippen LogP contribution in [0.1, 0.15) is 19.5 Å². The molecule has 152 valence electrons. The van der Waals surface area contributed by atoms with Gasteiger partial charge in [0.1, 0.15) is 23.9 Å². The summed E-state index contributed by atoms with van der Waals surface area (Å²) >= 11 is 0. The lowest BCUT2D eigenvalue weighted by Crippen LogP contribution is -2.30. The molecule has 0 saturated carbocycles. The SMILES string of the molecule is CC(C)(COc1ccc(-c2ccc(-c3ncc(C(F)(F)F)[nH]3)cc2)cc1)C(=O)O. The monoisotopic (exact) mass is 404 g/mol. The Morgan fingerprint density at radius 2 is 1.52 bits per heavy atom. The van der Waals surface area contributed by atoms with Gasteiger partial charge in [-0.1, -0.05) is 36.4 Å². The number of alkyl halides is 3. The van der Waals surface area contributed by atoms with Crippen molar-refractivity contribution in [3.63, 3.8) is 0 Å². The number of aromatic nitrogens is 2. The van der Waals surface area contributed by atoms with E-state index >= 15 is 0 Å². The van der Waals surface area contributed by atoms with Crippen molar-refractivity contribution in [3.05, 3.63) is 60.4 Å². The summed E-state index contributed by atoms with van der Waals surface area (Å²) in [6.45, 7) is 3.21. The minimum atomic E-state index is -4.46. The number of hydrogen-bond donors (Lipinski definition) is 2. The van der Waals surface area contributed by atoms with E-state index in [4.69, 9.17) is 9.84 Å². The summed E-state index contributed by atoms with van der Waals surface area (Å²) < 4.78 is 43.6. The number of benzene rings is 2. The topological polar surface area (TPSA) is 75.2 Å².